The minimum atomic E-state index is -5.45. The number of methoxy groups -OCH3 is 1. The number of allylic oxidation sites excluding steroid dienone is 1. The van der Waals surface area contributed by atoms with E-state index in [1.807, 2.05) is 5.32 Å². The number of rotatable bonds is 10. The number of benzene rings is 1. The molecule has 0 fully saturated rings. The van der Waals surface area contributed by atoms with Crippen LogP contribution in [-0.2, 0) is 16.1 Å². The van der Waals surface area contributed by atoms with Gasteiger partial charge in [-0.05, 0) is 12.1 Å². The van der Waals surface area contributed by atoms with E-state index in [4.69, 9.17) is 9.93 Å². The van der Waals surface area contributed by atoms with Crippen LogP contribution in [0.3, 0.4) is 0 Å². The summed E-state index contributed by atoms with van der Waals surface area (Å²) in [5, 5.41) is 26.6. The molecule has 196 valence electrons. The van der Waals surface area contributed by atoms with Gasteiger partial charge < -0.3 is 25.0 Å². The van der Waals surface area contributed by atoms with Gasteiger partial charge >= 0.3 is 12.1 Å². The number of aliphatic hydroxyl groups is 1. The van der Waals surface area contributed by atoms with Crippen molar-refractivity contribution in [3.63, 3.8) is 0 Å². The lowest BCUT2D eigenvalue weighted by atomic mass is 10.0. The second-order valence-corrected chi connectivity index (χ2v) is 7.39. The molecular formula is C22H19F5N6O4. The summed E-state index contributed by atoms with van der Waals surface area (Å²) in [4.78, 5) is 18.9. The molecule has 0 saturated carbocycles. The molecule has 2 aromatic heterocycles. The number of nitrogens with one attached hydrogen (secondary N) is 3. The molecule has 3 rings (SSSR count). The Morgan fingerprint density at radius 1 is 1.22 bits per heavy atom. The van der Waals surface area contributed by atoms with E-state index in [9.17, 15) is 31.9 Å². The van der Waals surface area contributed by atoms with Crippen LogP contribution in [0, 0.1) is 17.0 Å². The summed E-state index contributed by atoms with van der Waals surface area (Å²) in [5.41, 5.74) is -3.75. The van der Waals surface area contributed by atoms with Gasteiger partial charge in [-0.2, -0.15) is 13.2 Å². The van der Waals surface area contributed by atoms with E-state index in [2.05, 4.69) is 25.2 Å². The fourth-order valence-corrected chi connectivity index (χ4v) is 2.90. The van der Waals surface area contributed by atoms with Crippen molar-refractivity contribution >= 4 is 23.2 Å². The average Bonchev–Trinajstić information content (AvgIpc) is 3.40. The van der Waals surface area contributed by atoms with E-state index >= 15 is 0 Å². The minimum absolute atomic E-state index is 0.0146. The number of carbonyl (C=O) groups is 1. The third-order valence-electron chi connectivity index (χ3n) is 4.92. The van der Waals surface area contributed by atoms with E-state index in [1.54, 1.807) is 6.07 Å². The van der Waals surface area contributed by atoms with Gasteiger partial charge in [0.15, 0.2) is 17.5 Å². The fraction of sp³-hybridized carbons (Fsp3) is 0.227. The second-order valence-electron chi connectivity index (χ2n) is 7.39. The van der Waals surface area contributed by atoms with E-state index in [-0.39, 0.29) is 17.9 Å². The van der Waals surface area contributed by atoms with Crippen LogP contribution < -0.4 is 10.6 Å². The molecule has 0 radical (unpaired) electrons. The Morgan fingerprint density at radius 3 is 2.57 bits per heavy atom. The molecule has 0 spiro atoms. The predicted octanol–water partition coefficient (Wildman–Crippen LogP) is 2.82. The molecule has 4 N–H and O–H groups in total. The van der Waals surface area contributed by atoms with Gasteiger partial charge in [0, 0.05) is 18.2 Å². The lowest BCUT2D eigenvalue weighted by molar-refractivity contribution is -0.256. The van der Waals surface area contributed by atoms with Gasteiger partial charge in [0.2, 0.25) is 0 Å². The third kappa shape index (κ3) is 6.24. The van der Waals surface area contributed by atoms with Gasteiger partial charge in [0.05, 0.1) is 25.5 Å². The standard InChI is InChI=1S/C22H19F5N6O4/c1-36-20(34)21(35,22(25,26)27)11-31-18-14(24)10-30-19(32-18)15(28)8-17(16-6-7-37-33-16)29-9-12-4-2-3-5-13(12)23/h2-8,10,28-29,35H,9,11H2,1H3,(H,30,31,32)/b17-8-,28-15?. The minimum Gasteiger partial charge on any atom is -0.467 e. The van der Waals surface area contributed by atoms with Crippen molar-refractivity contribution in [2.75, 3.05) is 19.0 Å². The molecule has 0 bridgehead atoms. The number of nitrogens with zero attached hydrogens (tertiary/aromatic N) is 3. The number of aromatic nitrogens is 3. The van der Waals surface area contributed by atoms with Crippen LogP contribution in [0.1, 0.15) is 17.1 Å². The van der Waals surface area contributed by atoms with Crippen molar-refractivity contribution in [2.24, 2.45) is 0 Å². The zero-order valence-electron chi connectivity index (χ0n) is 18.9. The Kier molecular flexibility index (Phi) is 8.17. The Hall–Kier alpha value is -4.40. The fourth-order valence-electron chi connectivity index (χ4n) is 2.90. The number of hydrogen-bond acceptors (Lipinski definition) is 10. The highest BCUT2D eigenvalue weighted by Crippen LogP contribution is 2.32. The summed E-state index contributed by atoms with van der Waals surface area (Å²) in [6.45, 7) is -1.55. The molecule has 2 heterocycles. The summed E-state index contributed by atoms with van der Waals surface area (Å²) in [6, 6.07) is 7.38. The quantitative estimate of drug-likeness (QED) is 0.178. The number of esters is 1. The number of ether oxygens (including phenoxy) is 1. The van der Waals surface area contributed by atoms with Crippen molar-refractivity contribution < 1.29 is 41.1 Å². The summed E-state index contributed by atoms with van der Waals surface area (Å²) in [7, 11) is 0.642. The van der Waals surface area contributed by atoms with Crippen molar-refractivity contribution in [3.8, 4) is 0 Å². The molecule has 0 aliphatic heterocycles. The van der Waals surface area contributed by atoms with Crippen LogP contribution >= 0.6 is 0 Å². The molecule has 0 amide bonds. The smallest absolute Gasteiger partial charge is 0.429 e. The molecule has 0 saturated heterocycles. The van der Waals surface area contributed by atoms with Crippen LogP contribution in [0.5, 0.6) is 0 Å². The van der Waals surface area contributed by atoms with Crippen LogP contribution in [0.4, 0.5) is 27.8 Å². The molecule has 1 atom stereocenters. The van der Waals surface area contributed by atoms with Crippen molar-refractivity contribution in [3.05, 3.63) is 77.6 Å². The molecule has 1 unspecified atom stereocenters. The maximum Gasteiger partial charge on any atom is 0.429 e. The largest absolute Gasteiger partial charge is 0.467 e. The summed E-state index contributed by atoms with van der Waals surface area (Å²) in [5.74, 6) is -4.98. The highest BCUT2D eigenvalue weighted by Gasteiger charge is 2.60. The maximum atomic E-state index is 14.2. The first-order valence-electron chi connectivity index (χ1n) is 10.3. The summed E-state index contributed by atoms with van der Waals surface area (Å²) in [6.07, 6.45) is -2.46. The molecule has 1 aromatic carbocycles. The molecule has 0 aliphatic carbocycles. The first kappa shape index (κ1) is 27.2. The van der Waals surface area contributed by atoms with E-state index < -0.39 is 53.3 Å². The van der Waals surface area contributed by atoms with Crippen molar-refractivity contribution in [1.82, 2.24) is 20.4 Å². The number of carbonyl (C=O) groups excluding carboxylic acids is 1. The topological polar surface area (TPSA) is 146 Å². The van der Waals surface area contributed by atoms with E-state index in [1.165, 1.54) is 30.5 Å². The lowest BCUT2D eigenvalue weighted by Crippen LogP contribution is -2.57. The van der Waals surface area contributed by atoms with Gasteiger partial charge in [-0.15, -0.1) is 0 Å². The molecule has 37 heavy (non-hydrogen) atoms. The first-order chi connectivity index (χ1) is 17.5. The second kappa shape index (κ2) is 11.1. The van der Waals surface area contributed by atoms with Crippen LogP contribution in [0.15, 0.2) is 53.4 Å². The van der Waals surface area contributed by atoms with E-state index in [0.29, 0.717) is 18.9 Å². The van der Waals surface area contributed by atoms with Crippen LogP contribution in [-0.4, -0.2) is 57.3 Å². The zero-order chi connectivity index (χ0) is 27.2. The van der Waals surface area contributed by atoms with Crippen molar-refractivity contribution in [1.29, 1.82) is 5.41 Å². The number of alkyl halides is 3. The first-order valence-corrected chi connectivity index (χ1v) is 10.3. The van der Waals surface area contributed by atoms with Gasteiger partial charge in [-0.3, -0.25) is 5.41 Å². The monoisotopic (exact) mass is 526 g/mol. The third-order valence-corrected chi connectivity index (χ3v) is 4.92. The Morgan fingerprint density at radius 2 is 1.95 bits per heavy atom. The summed E-state index contributed by atoms with van der Waals surface area (Å²) < 4.78 is 76.7. The molecular weight excluding hydrogens is 507 g/mol. The van der Waals surface area contributed by atoms with Crippen LogP contribution in [0.25, 0.3) is 5.70 Å². The Labute approximate surface area is 205 Å². The molecule has 3 aromatic rings. The maximum absolute atomic E-state index is 14.2. The van der Waals surface area contributed by atoms with Gasteiger partial charge in [-0.1, -0.05) is 23.4 Å². The average molecular weight is 526 g/mol. The Bertz CT molecular complexity index is 1300. The van der Waals surface area contributed by atoms with Gasteiger partial charge in [-0.25, -0.2) is 23.5 Å². The van der Waals surface area contributed by atoms with Gasteiger partial charge in [0.25, 0.3) is 5.60 Å². The summed E-state index contributed by atoms with van der Waals surface area (Å²) >= 11 is 0. The lowest BCUT2D eigenvalue weighted by Gasteiger charge is -2.27. The van der Waals surface area contributed by atoms with Gasteiger partial charge in [0.1, 0.15) is 23.5 Å². The number of hydrogen-bond donors (Lipinski definition) is 4. The normalized spacial score (nSPS) is 13.5. The zero-order valence-corrected chi connectivity index (χ0v) is 18.9. The molecule has 10 nitrogen and oxygen atoms in total. The highest BCUT2D eigenvalue weighted by atomic mass is 19.4. The van der Waals surface area contributed by atoms with Crippen LogP contribution in [0.2, 0.25) is 0 Å². The SMILES string of the molecule is COC(=O)C(O)(CNc1nc(C(=N)/C=C(\NCc2ccccc2F)c2ccon2)ncc1F)C(F)(F)F. The number of halogens is 5. The van der Waals surface area contributed by atoms with Crippen molar-refractivity contribution in [2.45, 2.75) is 18.3 Å². The molecule has 0 aliphatic rings. The Balaban J connectivity index is 1.85. The molecule has 15 heteroatoms. The van der Waals surface area contributed by atoms with E-state index in [0.717, 1.165) is 6.08 Å². The highest BCUT2D eigenvalue weighted by molar-refractivity contribution is 6.07. The number of anilines is 1. The predicted molar refractivity (Wildman–Crippen MR) is 118 cm³/mol.